The Morgan fingerprint density at radius 2 is 1.37 bits per heavy atom. The van der Waals surface area contributed by atoms with Gasteiger partial charge in [0, 0.05) is 11.1 Å². The van der Waals surface area contributed by atoms with E-state index in [0.717, 1.165) is 5.56 Å². The zero-order valence-electron chi connectivity index (χ0n) is 15.9. The summed E-state index contributed by atoms with van der Waals surface area (Å²) in [5, 5.41) is 0. The summed E-state index contributed by atoms with van der Waals surface area (Å²) in [7, 11) is 0. The lowest BCUT2D eigenvalue weighted by Gasteiger charge is -2.61. The average molecular weight is 378 g/mol. The highest BCUT2D eigenvalue weighted by Gasteiger charge is 2.77. The molecule has 0 atom stereocenters. The van der Waals surface area contributed by atoms with Crippen LogP contribution in [0.4, 0.5) is 0 Å². The van der Waals surface area contributed by atoms with Crippen molar-refractivity contribution in [3.63, 3.8) is 0 Å². The number of benzene rings is 2. The Morgan fingerprint density at radius 1 is 0.852 bits per heavy atom. The number of ketones is 2. The zero-order chi connectivity index (χ0) is 19.4. The number of carbonyl (C=O) groups excluding carboxylic acids is 2. The van der Waals surface area contributed by atoms with Crippen LogP contribution in [0, 0.1) is 10.8 Å². The molecule has 0 bridgehead atoms. The summed E-state index contributed by atoms with van der Waals surface area (Å²) in [6.45, 7) is 7.64. The molecule has 4 heteroatoms. The van der Waals surface area contributed by atoms with Gasteiger partial charge >= 0.3 is 0 Å². The lowest BCUT2D eigenvalue weighted by atomic mass is 9.51. The monoisotopic (exact) mass is 378 g/mol. The minimum absolute atomic E-state index is 0.0673. The van der Waals surface area contributed by atoms with Crippen LogP contribution in [-0.2, 0) is 9.53 Å². The number of allylic oxidation sites excluding steroid dienone is 1. The van der Waals surface area contributed by atoms with Crippen molar-refractivity contribution in [2.24, 2.45) is 10.8 Å². The first kappa shape index (κ1) is 18.1. The summed E-state index contributed by atoms with van der Waals surface area (Å²) < 4.78 is 6.53. The molecule has 0 saturated heterocycles. The summed E-state index contributed by atoms with van der Waals surface area (Å²) in [4.78, 5) is 25.9. The quantitative estimate of drug-likeness (QED) is 0.677. The molecule has 1 heterocycles. The van der Waals surface area contributed by atoms with E-state index in [9.17, 15) is 9.59 Å². The van der Waals surface area contributed by atoms with Gasteiger partial charge in [-0.25, -0.2) is 0 Å². The van der Waals surface area contributed by atoms with Gasteiger partial charge < -0.3 is 4.74 Å². The molecule has 1 fully saturated rings. The van der Waals surface area contributed by atoms with Crippen LogP contribution in [0.25, 0.3) is 5.76 Å². The molecule has 0 radical (unpaired) electrons. The highest BCUT2D eigenvalue weighted by Crippen LogP contribution is 2.71. The molecule has 0 aromatic heterocycles. The van der Waals surface area contributed by atoms with E-state index < -0.39 is 15.8 Å². The molecule has 1 aliphatic carbocycles. The number of hydrogen-bond donors (Lipinski definition) is 0. The highest BCUT2D eigenvalue weighted by atomic mass is 32.2. The van der Waals surface area contributed by atoms with Crippen molar-refractivity contribution >= 4 is 29.1 Å². The predicted molar refractivity (Wildman–Crippen MR) is 108 cm³/mol. The van der Waals surface area contributed by atoms with E-state index in [0.29, 0.717) is 16.2 Å². The maximum Gasteiger partial charge on any atom is 0.203 e. The Labute approximate surface area is 163 Å². The maximum atomic E-state index is 13.3. The van der Waals surface area contributed by atoms with E-state index in [2.05, 4.69) is 0 Å². The smallest absolute Gasteiger partial charge is 0.203 e. The van der Waals surface area contributed by atoms with Gasteiger partial charge in [-0.15, -0.1) is 0 Å². The molecular weight excluding hydrogens is 356 g/mol. The molecule has 3 nitrogen and oxygen atoms in total. The van der Waals surface area contributed by atoms with Crippen molar-refractivity contribution in [3.8, 4) is 0 Å². The maximum absolute atomic E-state index is 13.3. The third kappa shape index (κ3) is 2.29. The lowest BCUT2D eigenvalue weighted by Crippen LogP contribution is -2.72. The van der Waals surface area contributed by atoms with Gasteiger partial charge in [-0.1, -0.05) is 72.4 Å². The molecule has 1 aliphatic heterocycles. The minimum Gasteiger partial charge on any atom is -0.472 e. The highest BCUT2D eigenvalue weighted by molar-refractivity contribution is 8.05. The Balaban J connectivity index is 1.85. The van der Waals surface area contributed by atoms with Crippen molar-refractivity contribution in [1.29, 1.82) is 0 Å². The number of ether oxygens (including phenoxy) is 1. The van der Waals surface area contributed by atoms with Gasteiger partial charge in [-0.2, -0.15) is 0 Å². The average Bonchev–Trinajstić information content (AvgIpc) is 3.12. The normalized spacial score (nSPS) is 21.7. The van der Waals surface area contributed by atoms with E-state index >= 15 is 0 Å². The van der Waals surface area contributed by atoms with Crippen LogP contribution < -0.4 is 0 Å². The Kier molecular flexibility index (Phi) is 3.90. The van der Waals surface area contributed by atoms with Gasteiger partial charge in [-0.05, 0) is 27.7 Å². The van der Waals surface area contributed by atoms with Crippen LogP contribution in [0.15, 0.2) is 65.6 Å². The van der Waals surface area contributed by atoms with E-state index in [1.807, 2.05) is 88.4 Å². The Bertz CT molecular complexity index is 938. The van der Waals surface area contributed by atoms with Gasteiger partial charge in [0.2, 0.25) is 5.78 Å². The number of thioether (sulfide) groups is 1. The van der Waals surface area contributed by atoms with E-state index in [1.165, 1.54) is 11.8 Å². The predicted octanol–water partition coefficient (Wildman–Crippen LogP) is 5.33. The summed E-state index contributed by atoms with van der Waals surface area (Å²) in [6.07, 6.45) is 0. The second-order valence-corrected chi connectivity index (χ2v) is 9.31. The molecule has 0 amide bonds. The first-order valence-electron chi connectivity index (χ1n) is 9.05. The van der Waals surface area contributed by atoms with Gasteiger partial charge in [0.25, 0.3) is 0 Å². The largest absolute Gasteiger partial charge is 0.472 e. The van der Waals surface area contributed by atoms with Crippen molar-refractivity contribution in [3.05, 3.63) is 76.7 Å². The van der Waals surface area contributed by atoms with Crippen molar-refractivity contribution in [1.82, 2.24) is 0 Å². The molecule has 1 saturated carbocycles. The van der Waals surface area contributed by atoms with Crippen LogP contribution in [0.1, 0.15) is 43.6 Å². The molecule has 138 valence electrons. The Hall–Kier alpha value is -2.33. The number of carbonyl (C=O) groups is 2. The molecule has 2 aromatic carbocycles. The van der Waals surface area contributed by atoms with Crippen LogP contribution in [-0.4, -0.2) is 16.5 Å². The fourth-order valence-electron chi connectivity index (χ4n) is 4.36. The van der Waals surface area contributed by atoms with Crippen molar-refractivity contribution in [2.75, 3.05) is 0 Å². The van der Waals surface area contributed by atoms with Gasteiger partial charge in [0.05, 0.1) is 10.8 Å². The molecule has 0 unspecified atom stereocenters. The second kappa shape index (κ2) is 5.83. The summed E-state index contributed by atoms with van der Waals surface area (Å²) in [5.41, 5.74) is 0.113. The summed E-state index contributed by atoms with van der Waals surface area (Å²) >= 11 is 1.41. The molecular formula is C23H22O3S. The van der Waals surface area contributed by atoms with Crippen LogP contribution in [0.5, 0.6) is 0 Å². The fraction of sp³-hybridized carbons (Fsp3) is 0.304. The number of Topliss-reactive ketones (excluding diaryl/α,β-unsaturated/α-hetero) is 2. The van der Waals surface area contributed by atoms with Gasteiger partial charge in [0.15, 0.2) is 10.7 Å². The molecule has 27 heavy (non-hydrogen) atoms. The standard InChI is InChI=1S/C23H22O3S/c1-21(2)20(25)22(3,4)23(21)26-18(16-13-9-6-10-14-16)19(27-23)17(24)15-11-7-5-8-12-15/h5-14H,1-4H3. The molecule has 0 N–H and O–H groups in total. The van der Waals surface area contributed by atoms with Crippen molar-refractivity contribution < 1.29 is 14.3 Å². The lowest BCUT2D eigenvalue weighted by molar-refractivity contribution is -0.188. The summed E-state index contributed by atoms with van der Waals surface area (Å²) in [6, 6.07) is 18.9. The van der Waals surface area contributed by atoms with Crippen molar-refractivity contribution in [2.45, 2.75) is 32.6 Å². The minimum atomic E-state index is -0.790. The first-order valence-corrected chi connectivity index (χ1v) is 9.86. The molecule has 4 rings (SSSR count). The third-order valence-electron chi connectivity index (χ3n) is 5.76. The SMILES string of the molecule is CC1(C)C(=O)C(C)(C)C12OC(c1ccccc1)=C(C(=O)c1ccccc1)S2. The number of rotatable bonds is 3. The van der Waals surface area contributed by atoms with E-state index in [1.54, 1.807) is 0 Å². The molecule has 1 spiro atoms. The van der Waals surface area contributed by atoms with Crippen LogP contribution in [0.3, 0.4) is 0 Å². The molecule has 2 aliphatic rings. The van der Waals surface area contributed by atoms with Crippen LogP contribution in [0.2, 0.25) is 0 Å². The molecule has 2 aromatic rings. The Morgan fingerprint density at radius 3 is 1.93 bits per heavy atom. The van der Waals surface area contributed by atoms with Gasteiger partial charge in [-0.3, -0.25) is 9.59 Å². The second-order valence-electron chi connectivity index (χ2n) is 8.12. The number of hydrogen-bond acceptors (Lipinski definition) is 4. The fourth-order valence-corrected chi connectivity index (χ4v) is 5.93. The van der Waals surface area contributed by atoms with E-state index in [4.69, 9.17) is 4.74 Å². The zero-order valence-corrected chi connectivity index (χ0v) is 16.7. The first-order chi connectivity index (χ1) is 12.7. The topological polar surface area (TPSA) is 43.4 Å². The van der Waals surface area contributed by atoms with E-state index in [-0.39, 0.29) is 11.6 Å². The van der Waals surface area contributed by atoms with Gasteiger partial charge in [0.1, 0.15) is 10.7 Å². The van der Waals surface area contributed by atoms with Crippen LogP contribution >= 0.6 is 11.8 Å². The third-order valence-corrected chi connectivity index (χ3v) is 7.72. The summed E-state index contributed by atoms with van der Waals surface area (Å²) in [5.74, 6) is 0.661.